The molecule has 118 valence electrons. The SMILES string of the molecule is C[Si](C)(C)[O][Al]([O]c1c(Cl)cc(Cl)cc1Cl)[O][Si](C)(C)C. The minimum absolute atomic E-state index is 0.364. The largest absolute Gasteiger partial charge is 0.979 e. The third-order valence-electron chi connectivity index (χ3n) is 2.08. The van der Waals surface area contributed by atoms with E-state index in [1.165, 1.54) is 0 Å². The molecule has 0 amide bonds. The first-order valence-corrected chi connectivity index (χ1v) is 15.9. The Morgan fingerprint density at radius 2 is 1.19 bits per heavy atom. The number of rotatable bonds is 6. The van der Waals surface area contributed by atoms with Gasteiger partial charge in [-0.3, -0.25) is 0 Å². The van der Waals surface area contributed by atoms with Crippen molar-refractivity contribution in [3.8, 4) is 5.75 Å². The molecule has 1 rings (SSSR count). The van der Waals surface area contributed by atoms with Crippen LogP contribution in [0.25, 0.3) is 0 Å². The summed E-state index contributed by atoms with van der Waals surface area (Å²) in [6.45, 7) is 12.6. The van der Waals surface area contributed by atoms with Gasteiger partial charge in [-0.1, -0.05) is 34.8 Å². The van der Waals surface area contributed by atoms with E-state index in [-0.39, 0.29) is 0 Å². The molecule has 0 aromatic heterocycles. The molecule has 0 spiro atoms. The summed E-state index contributed by atoms with van der Waals surface area (Å²) < 4.78 is 18.1. The van der Waals surface area contributed by atoms with Gasteiger partial charge in [0.1, 0.15) is 5.75 Å². The molecule has 0 saturated carbocycles. The Morgan fingerprint density at radius 3 is 1.52 bits per heavy atom. The summed E-state index contributed by atoms with van der Waals surface area (Å²) in [7, 11) is -3.60. The van der Waals surface area contributed by atoms with E-state index in [9.17, 15) is 0 Å². The smallest absolute Gasteiger partial charge is 0.597 e. The third-order valence-corrected chi connectivity index (χ3v) is 10.5. The van der Waals surface area contributed by atoms with Crippen LogP contribution < -0.4 is 3.79 Å². The van der Waals surface area contributed by atoms with Gasteiger partial charge in [0.15, 0.2) is 16.6 Å². The normalized spacial score (nSPS) is 12.4. The summed E-state index contributed by atoms with van der Waals surface area (Å²) in [4.78, 5) is 0. The van der Waals surface area contributed by atoms with Crippen LogP contribution in [0.3, 0.4) is 0 Å². The first kappa shape index (κ1) is 19.8. The third kappa shape index (κ3) is 7.73. The molecule has 3 nitrogen and oxygen atoms in total. The highest BCUT2D eigenvalue weighted by Gasteiger charge is 2.43. The van der Waals surface area contributed by atoms with Crippen LogP contribution in [-0.2, 0) is 6.96 Å². The second-order valence-corrected chi connectivity index (χ2v) is 19.0. The predicted octanol–water partition coefficient (Wildman–Crippen LogP) is 5.71. The fourth-order valence-corrected chi connectivity index (χ4v) is 8.52. The van der Waals surface area contributed by atoms with Crippen molar-refractivity contribution in [1.29, 1.82) is 0 Å². The second kappa shape index (κ2) is 7.56. The molecule has 0 fully saturated rings. The number of hydrogen-bond donors (Lipinski definition) is 0. The molecule has 0 aliphatic heterocycles. The maximum absolute atomic E-state index is 6.16. The molecule has 1 aromatic rings. The van der Waals surface area contributed by atoms with Crippen molar-refractivity contribution in [2.75, 3.05) is 0 Å². The van der Waals surface area contributed by atoms with Crippen molar-refractivity contribution in [3.63, 3.8) is 0 Å². The minimum atomic E-state index is -2.37. The zero-order chi connectivity index (χ0) is 16.4. The van der Waals surface area contributed by atoms with Gasteiger partial charge in [-0.15, -0.1) is 0 Å². The van der Waals surface area contributed by atoms with Crippen molar-refractivity contribution < 1.29 is 10.7 Å². The van der Waals surface area contributed by atoms with Crippen molar-refractivity contribution in [3.05, 3.63) is 27.2 Å². The van der Waals surface area contributed by atoms with Crippen LogP contribution in [0.5, 0.6) is 5.75 Å². The van der Waals surface area contributed by atoms with Gasteiger partial charge in [0.25, 0.3) is 0 Å². The predicted molar refractivity (Wildman–Crippen MR) is 96.7 cm³/mol. The van der Waals surface area contributed by atoms with E-state index in [0.717, 1.165) is 0 Å². The van der Waals surface area contributed by atoms with E-state index in [4.69, 9.17) is 45.5 Å². The summed E-state index contributed by atoms with van der Waals surface area (Å²) >= 11 is 15.9. The Bertz CT molecular complexity index is 464. The Labute approximate surface area is 149 Å². The van der Waals surface area contributed by atoms with Crippen molar-refractivity contribution in [1.82, 2.24) is 0 Å². The Balaban J connectivity index is 3.01. The molecule has 9 heteroatoms. The molecule has 0 aliphatic carbocycles. The van der Waals surface area contributed by atoms with Gasteiger partial charge in [-0.2, -0.15) is 0 Å². The summed E-state index contributed by atoms with van der Waals surface area (Å²) in [5.74, 6) is 0.385. The molecule has 0 bridgehead atoms. The van der Waals surface area contributed by atoms with E-state index in [0.29, 0.717) is 20.8 Å². The molecule has 0 radical (unpaired) electrons. The summed E-state index contributed by atoms with van der Waals surface area (Å²) in [6.07, 6.45) is 0. The van der Waals surface area contributed by atoms with Gasteiger partial charge in [0.05, 0.1) is 10.0 Å². The Morgan fingerprint density at radius 1 is 0.810 bits per heavy atom. The zero-order valence-electron chi connectivity index (χ0n) is 13.1. The lowest BCUT2D eigenvalue weighted by Gasteiger charge is -2.28. The number of halogens is 3. The summed E-state index contributed by atoms with van der Waals surface area (Å²) in [5.41, 5.74) is 0. The van der Waals surface area contributed by atoms with E-state index < -0.39 is 31.8 Å². The van der Waals surface area contributed by atoms with Crippen molar-refractivity contribution >= 4 is 66.6 Å². The lowest BCUT2D eigenvalue weighted by Crippen LogP contribution is -2.46. The van der Waals surface area contributed by atoms with Crippen molar-refractivity contribution in [2.45, 2.75) is 39.3 Å². The molecule has 0 saturated heterocycles. The molecule has 0 N–H and O–H groups in total. The molecule has 0 heterocycles. The van der Waals surface area contributed by atoms with Crippen LogP contribution in [0.15, 0.2) is 12.1 Å². The Hall–Kier alpha value is 0.776. The molecular weight excluding hydrogens is 382 g/mol. The molecule has 21 heavy (non-hydrogen) atoms. The highest BCUT2D eigenvalue weighted by atomic mass is 35.5. The Kier molecular flexibility index (Phi) is 7.14. The number of benzene rings is 1. The van der Waals surface area contributed by atoms with Crippen molar-refractivity contribution in [2.24, 2.45) is 0 Å². The van der Waals surface area contributed by atoms with Crippen LogP contribution >= 0.6 is 34.8 Å². The van der Waals surface area contributed by atoms with E-state index in [1.807, 2.05) is 0 Å². The quantitative estimate of drug-likeness (QED) is 0.571. The fourth-order valence-electron chi connectivity index (χ4n) is 1.39. The van der Waals surface area contributed by atoms with Crippen LogP contribution in [0.2, 0.25) is 54.3 Å². The van der Waals surface area contributed by atoms with Crippen LogP contribution in [-0.4, -0.2) is 31.8 Å². The topological polar surface area (TPSA) is 27.7 Å². The van der Waals surface area contributed by atoms with E-state index in [1.54, 1.807) is 12.1 Å². The van der Waals surface area contributed by atoms with Crippen LogP contribution in [0.4, 0.5) is 0 Å². The maximum Gasteiger partial charge on any atom is 0.979 e. The molecular formula is C12H20AlCl3O3Si2. The molecule has 0 aliphatic rings. The lowest BCUT2D eigenvalue weighted by atomic mass is 10.3. The van der Waals surface area contributed by atoms with Gasteiger partial charge >= 0.3 is 15.1 Å². The standard InChI is InChI=1S/C6H3Cl3O.2C3H9OSi.Al/c7-3-1-4(8)6(10)5(9)2-3;2*1-5(2,3)4;/h1-2,10H;2*1-3H3;/q;2*-1;+3/p-1. The monoisotopic (exact) mass is 400 g/mol. The highest BCUT2D eigenvalue weighted by Crippen LogP contribution is 2.36. The van der Waals surface area contributed by atoms with Gasteiger partial charge in [-0.05, 0) is 51.4 Å². The molecule has 0 unspecified atom stereocenters. The van der Waals surface area contributed by atoms with Gasteiger partial charge in [-0.25, -0.2) is 0 Å². The molecule has 0 atom stereocenters. The van der Waals surface area contributed by atoms with E-state index >= 15 is 0 Å². The number of hydrogen-bond acceptors (Lipinski definition) is 3. The molecule has 1 aromatic carbocycles. The average Bonchev–Trinajstić information content (AvgIpc) is 2.18. The van der Waals surface area contributed by atoms with Crippen LogP contribution in [0, 0.1) is 0 Å². The summed E-state index contributed by atoms with van der Waals surface area (Å²) in [6, 6.07) is 3.19. The van der Waals surface area contributed by atoms with Gasteiger partial charge in [0, 0.05) is 5.02 Å². The maximum atomic E-state index is 6.16. The highest BCUT2D eigenvalue weighted by molar-refractivity contribution is 6.79. The first-order valence-electron chi connectivity index (χ1n) is 6.54. The van der Waals surface area contributed by atoms with Gasteiger partial charge in [0.2, 0.25) is 0 Å². The van der Waals surface area contributed by atoms with E-state index in [2.05, 4.69) is 39.3 Å². The van der Waals surface area contributed by atoms with Crippen LogP contribution in [0.1, 0.15) is 0 Å². The fraction of sp³-hybridized carbons (Fsp3) is 0.500. The first-order chi connectivity index (χ1) is 9.37. The second-order valence-electron chi connectivity index (χ2n) is 6.57. The summed E-state index contributed by atoms with van der Waals surface area (Å²) in [5, 5.41) is 1.19. The zero-order valence-corrected chi connectivity index (χ0v) is 18.5. The average molecular weight is 402 g/mol. The lowest BCUT2D eigenvalue weighted by molar-refractivity contribution is 0.302. The van der Waals surface area contributed by atoms with Gasteiger partial charge < -0.3 is 10.7 Å². The minimum Gasteiger partial charge on any atom is -0.597 e.